The van der Waals surface area contributed by atoms with Crippen molar-refractivity contribution >= 4 is 11.3 Å². The van der Waals surface area contributed by atoms with Crippen LogP contribution in [0.3, 0.4) is 0 Å². The molecule has 0 aliphatic rings. The van der Waals surface area contributed by atoms with Crippen LogP contribution in [-0.4, -0.2) is 25.3 Å². The average Bonchev–Trinajstić information content (AvgIpc) is 2.85. The number of hydrogen-bond acceptors (Lipinski definition) is 5. The van der Waals surface area contributed by atoms with Gasteiger partial charge in [0.25, 0.3) is 0 Å². The molecule has 1 heterocycles. The van der Waals surface area contributed by atoms with Gasteiger partial charge in [-0.25, -0.2) is 4.98 Å². The first kappa shape index (κ1) is 14.0. The molecule has 102 valence electrons. The quantitative estimate of drug-likeness (QED) is 0.825. The molecule has 4 nitrogen and oxygen atoms in total. The van der Waals surface area contributed by atoms with Gasteiger partial charge in [0.2, 0.25) is 0 Å². The Morgan fingerprint density at radius 1 is 1.32 bits per heavy atom. The maximum atomic E-state index is 6.27. The van der Waals surface area contributed by atoms with E-state index in [0.717, 1.165) is 22.0 Å². The zero-order valence-corrected chi connectivity index (χ0v) is 11.9. The Hall–Kier alpha value is -1.43. The number of nitrogens with zero attached hydrogens (tertiary/aromatic N) is 1. The summed E-state index contributed by atoms with van der Waals surface area (Å²) in [6.07, 6.45) is 0. The van der Waals surface area contributed by atoms with Gasteiger partial charge in [0.1, 0.15) is 12.4 Å². The van der Waals surface area contributed by atoms with Gasteiger partial charge in [-0.15, -0.1) is 11.3 Å². The summed E-state index contributed by atoms with van der Waals surface area (Å²) in [6.45, 7) is 3.04. The van der Waals surface area contributed by atoms with Gasteiger partial charge >= 0.3 is 0 Å². The molecule has 0 saturated heterocycles. The van der Waals surface area contributed by atoms with Crippen LogP contribution in [-0.2, 0) is 4.74 Å². The Kier molecular flexibility index (Phi) is 4.90. The van der Waals surface area contributed by atoms with Crippen LogP contribution in [0.1, 0.15) is 22.3 Å². The Morgan fingerprint density at radius 3 is 2.79 bits per heavy atom. The molecular formula is C14H18N2O2S. The number of hydrogen-bond donors (Lipinski definition) is 1. The molecule has 1 unspecified atom stereocenters. The lowest BCUT2D eigenvalue weighted by Gasteiger charge is -2.15. The number of ether oxygens (including phenoxy) is 2. The molecule has 0 amide bonds. The fourth-order valence-electron chi connectivity index (χ4n) is 1.79. The van der Waals surface area contributed by atoms with Crippen molar-refractivity contribution in [2.45, 2.75) is 13.0 Å². The first-order valence-corrected chi connectivity index (χ1v) is 6.98. The van der Waals surface area contributed by atoms with Crippen molar-refractivity contribution in [3.8, 4) is 5.75 Å². The van der Waals surface area contributed by atoms with E-state index in [-0.39, 0.29) is 6.04 Å². The third-order valence-corrected chi connectivity index (χ3v) is 3.55. The summed E-state index contributed by atoms with van der Waals surface area (Å²) >= 11 is 1.60. The van der Waals surface area contributed by atoms with E-state index >= 15 is 0 Å². The molecule has 0 aliphatic heterocycles. The minimum atomic E-state index is -0.260. The minimum absolute atomic E-state index is 0.260. The van der Waals surface area contributed by atoms with Gasteiger partial charge in [0.05, 0.1) is 23.4 Å². The summed E-state index contributed by atoms with van der Waals surface area (Å²) in [5, 5.41) is 3.01. The summed E-state index contributed by atoms with van der Waals surface area (Å²) in [5.74, 6) is 0.790. The molecule has 0 bridgehead atoms. The second-order valence-electron chi connectivity index (χ2n) is 4.15. The van der Waals surface area contributed by atoms with Crippen LogP contribution in [0.15, 0.2) is 29.6 Å². The number of para-hydroxylation sites is 1. The predicted molar refractivity (Wildman–Crippen MR) is 76.7 cm³/mol. The monoisotopic (exact) mass is 278 g/mol. The zero-order chi connectivity index (χ0) is 13.7. The first-order chi connectivity index (χ1) is 9.22. The highest BCUT2D eigenvalue weighted by atomic mass is 32.1. The molecule has 5 heteroatoms. The molecule has 0 radical (unpaired) electrons. The minimum Gasteiger partial charge on any atom is -0.491 e. The first-order valence-electron chi connectivity index (χ1n) is 6.10. The van der Waals surface area contributed by atoms with Gasteiger partial charge in [-0.3, -0.25) is 0 Å². The topological polar surface area (TPSA) is 57.4 Å². The smallest absolute Gasteiger partial charge is 0.124 e. The molecule has 1 aromatic heterocycles. The van der Waals surface area contributed by atoms with E-state index in [1.807, 2.05) is 36.6 Å². The summed E-state index contributed by atoms with van der Waals surface area (Å²) in [4.78, 5) is 4.44. The lowest BCUT2D eigenvalue weighted by molar-refractivity contribution is 0.145. The molecule has 19 heavy (non-hydrogen) atoms. The number of methoxy groups -OCH3 is 1. The number of aromatic nitrogens is 1. The van der Waals surface area contributed by atoms with Crippen molar-refractivity contribution in [3.05, 3.63) is 45.9 Å². The molecule has 0 aliphatic carbocycles. The number of thiazole rings is 1. The summed E-state index contributed by atoms with van der Waals surface area (Å²) in [7, 11) is 1.65. The fraction of sp³-hybridized carbons (Fsp3) is 0.357. The van der Waals surface area contributed by atoms with Gasteiger partial charge < -0.3 is 15.2 Å². The molecule has 2 N–H and O–H groups in total. The molecular weight excluding hydrogens is 260 g/mol. The number of benzene rings is 1. The van der Waals surface area contributed by atoms with E-state index in [2.05, 4.69) is 4.98 Å². The molecule has 0 saturated carbocycles. The van der Waals surface area contributed by atoms with Crippen molar-refractivity contribution in [1.82, 2.24) is 4.98 Å². The third kappa shape index (κ3) is 3.53. The molecule has 0 spiro atoms. The maximum Gasteiger partial charge on any atom is 0.124 e. The standard InChI is InChI=1S/C14H18N2O2S/c1-10-16-12(9-19-10)14(15)11-5-3-4-6-13(11)18-8-7-17-2/h3-6,9,14H,7-8,15H2,1-2H3. The predicted octanol–water partition coefficient (Wildman–Crippen LogP) is 2.52. The molecule has 2 rings (SSSR count). The van der Waals surface area contributed by atoms with Crippen LogP contribution in [0, 0.1) is 6.92 Å². The van der Waals surface area contributed by atoms with Crippen molar-refractivity contribution < 1.29 is 9.47 Å². The summed E-state index contributed by atoms with van der Waals surface area (Å²) in [6, 6.07) is 7.53. The summed E-state index contributed by atoms with van der Waals surface area (Å²) < 4.78 is 10.7. The van der Waals surface area contributed by atoms with E-state index in [0.29, 0.717) is 13.2 Å². The van der Waals surface area contributed by atoms with Crippen LogP contribution in [0.25, 0.3) is 0 Å². The fourth-order valence-corrected chi connectivity index (χ4v) is 2.43. The third-order valence-electron chi connectivity index (χ3n) is 2.75. The normalized spacial score (nSPS) is 12.4. The largest absolute Gasteiger partial charge is 0.491 e. The van der Waals surface area contributed by atoms with Gasteiger partial charge in [-0.1, -0.05) is 18.2 Å². The second-order valence-corrected chi connectivity index (χ2v) is 5.21. The average molecular weight is 278 g/mol. The van der Waals surface area contributed by atoms with Gasteiger partial charge in [-0.2, -0.15) is 0 Å². The van der Waals surface area contributed by atoms with E-state index in [4.69, 9.17) is 15.2 Å². The van der Waals surface area contributed by atoms with Crippen LogP contribution in [0.4, 0.5) is 0 Å². The van der Waals surface area contributed by atoms with E-state index < -0.39 is 0 Å². The highest BCUT2D eigenvalue weighted by molar-refractivity contribution is 7.09. The highest BCUT2D eigenvalue weighted by Gasteiger charge is 2.16. The number of aryl methyl sites for hydroxylation is 1. The SMILES string of the molecule is COCCOc1ccccc1C(N)c1csc(C)n1. The molecule has 0 fully saturated rings. The highest BCUT2D eigenvalue weighted by Crippen LogP contribution is 2.28. The molecule has 1 aromatic carbocycles. The Balaban J connectivity index is 2.18. The van der Waals surface area contributed by atoms with Gasteiger partial charge in [0.15, 0.2) is 0 Å². The van der Waals surface area contributed by atoms with Crippen LogP contribution in [0.5, 0.6) is 5.75 Å². The van der Waals surface area contributed by atoms with E-state index in [9.17, 15) is 0 Å². The van der Waals surface area contributed by atoms with E-state index in [1.165, 1.54) is 0 Å². The van der Waals surface area contributed by atoms with Crippen molar-refractivity contribution in [2.24, 2.45) is 5.73 Å². The molecule has 1 atom stereocenters. The van der Waals surface area contributed by atoms with Gasteiger partial charge in [-0.05, 0) is 13.0 Å². The van der Waals surface area contributed by atoms with Crippen LogP contribution in [0.2, 0.25) is 0 Å². The van der Waals surface area contributed by atoms with Gasteiger partial charge in [0, 0.05) is 18.1 Å². The van der Waals surface area contributed by atoms with Crippen molar-refractivity contribution in [2.75, 3.05) is 20.3 Å². The van der Waals surface area contributed by atoms with E-state index in [1.54, 1.807) is 18.4 Å². The van der Waals surface area contributed by atoms with Crippen molar-refractivity contribution in [3.63, 3.8) is 0 Å². The number of nitrogens with two attached hydrogens (primary N) is 1. The second kappa shape index (κ2) is 6.65. The number of rotatable bonds is 6. The maximum absolute atomic E-state index is 6.27. The van der Waals surface area contributed by atoms with Crippen LogP contribution >= 0.6 is 11.3 Å². The lowest BCUT2D eigenvalue weighted by Crippen LogP contribution is -2.15. The van der Waals surface area contributed by atoms with Crippen molar-refractivity contribution in [1.29, 1.82) is 0 Å². The zero-order valence-electron chi connectivity index (χ0n) is 11.1. The Labute approximate surface area is 117 Å². The summed E-state index contributed by atoms with van der Waals surface area (Å²) in [5.41, 5.74) is 8.10. The Bertz CT molecular complexity index is 528. The Morgan fingerprint density at radius 2 is 2.11 bits per heavy atom. The molecule has 2 aromatic rings. The lowest BCUT2D eigenvalue weighted by atomic mass is 10.0. The van der Waals surface area contributed by atoms with Crippen LogP contribution < -0.4 is 10.5 Å².